The number of hydrogen-bond donors (Lipinski definition) is 2. The summed E-state index contributed by atoms with van der Waals surface area (Å²) in [6, 6.07) is 19.0. The quantitative estimate of drug-likeness (QED) is 0.661. The van der Waals surface area contributed by atoms with Crippen LogP contribution >= 0.6 is 0 Å². The Hall–Kier alpha value is -3.12. The number of aryl methyl sites for hydroxylation is 3. The van der Waals surface area contributed by atoms with Gasteiger partial charge in [-0.3, -0.25) is 9.52 Å². The number of nitrogens with one attached hydrogen (secondary N) is 2. The van der Waals surface area contributed by atoms with E-state index in [1.807, 2.05) is 50.2 Å². The van der Waals surface area contributed by atoms with Crippen molar-refractivity contribution in [1.29, 1.82) is 0 Å². The second-order valence-electron chi connectivity index (χ2n) is 6.72. The maximum atomic E-state index is 12.7. The molecule has 0 heterocycles. The fourth-order valence-electron chi connectivity index (χ4n) is 2.75. The van der Waals surface area contributed by atoms with E-state index < -0.39 is 10.0 Å². The molecule has 0 radical (unpaired) electrons. The number of amides is 1. The molecule has 0 aliphatic rings. The Bertz CT molecular complexity index is 1120. The lowest BCUT2D eigenvalue weighted by atomic mass is 10.1. The molecule has 0 saturated heterocycles. The topological polar surface area (TPSA) is 75.3 Å². The fraction of sp³-hybridized carbons (Fsp3) is 0.136. The van der Waals surface area contributed by atoms with Gasteiger partial charge in [0.25, 0.3) is 15.9 Å². The molecule has 0 fully saturated rings. The molecule has 6 heteroatoms. The smallest absolute Gasteiger partial charge is 0.261 e. The third kappa shape index (κ3) is 4.40. The number of carbonyl (C=O) groups excluding carboxylic acids is 1. The molecule has 1 amide bonds. The highest BCUT2D eigenvalue weighted by Gasteiger charge is 2.18. The average molecular weight is 394 g/mol. The number of para-hydroxylation sites is 1. The van der Waals surface area contributed by atoms with Crippen molar-refractivity contribution < 1.29 is 13.2 Å². The first-order valence-electron chi connectivity index (χ1n) is 8.83. The standard InChI is InChI=1S/C22H22N2O3S/c1-15-8-11-18(12-9-15)24-28(26,27)19-13-10-16(2)20(14-19)22(25)23-21-7-5-4-6-17(21)3/h4-14,24H,1-3H3,(H,23,25). The van der Waals surface area contributed by atoms with E-state index in [1.54, 1.807) is 25.1 Å². The molecule has 0 bridgehead atoms. The second-order valence-corrected chi connectivity index (χ2v) is 8.40. The minimum Gasteiger partial charge on any atom is -0.322 e. The van der Waals surface area contributed by atoms with Crippen LogP contribution in [0.1, 0.15) is 27.0 Å². The Labute approximate surface area is 165 Å². The van der Waals surface area contributed by atoms with Crippen LogP contribution in [0.25, 0.3) is 0 Å². The third-order valence-corrected chi connectivity index (χ3v) is 5.84. The maximum absolute atomic E-state index is 12.7. The van der Waals surface area contributed by atoms with Crippen LogP contribution in [-0.4, -0.2) is 14.3 Å². The molecule has 5 nitrogen and oxygen atoms in total. The van der Waals surface area contributed by atoms with Gasteiger partial charge in [-0.2, -0.15) is 0 Å². The number of carbonyl (C=O) groups is 1. The van der Waals surface area contributed by atoms with Crippen molar-refractivity contribution in [3.8, 4) is 0 Å². The van der Waals surface area contributed by atoms with E-state index >= 15 is 0 Å². The second kappa shape index (κ2) is 7.86. The largest absolute Gasteiger partial charge is 0.322 e. The molecule has 0 saturated carbocycles. The van der Waals surface area contributed by atoms with Crippen molar-refractivity contribution in [3.63, 3.8) is 0 Å². The summed E-state index contributed by atoms with van der Waals surface area (Å²) in [7, 11) is -3.81. The Morgan fingerprint density at radius 1 is 0.821 bits per heavy atom. The summed E-state index contributed by atoms with van der Waals surface area (Å²) in [5.74, 6) is -0.348. The van der Waals surface area contributed by atoms with E-state index in [2.05, 4.69) is 10.0 Å². The van der Waals surface area contributed by atoms with Crippen molar-refractivity contribution in [1.82, 2.24) is 0 Å². The molecule has 0 aromatic heterocycles. The number of anilines is 2. The molecule has 3 aromatic rings. The van der Waals surface area contributed by atoms with Gasteiger partial charge >= 0.3 is 0 Å². The van der Waals surface area contributed by atoms with E-state index in [4.69, 9.17) is 0 Å². The van der Waals surface area contributed by atoms with Crippen LogP contribution < -0.4 is 10.0 Å². The first kappa shape index (κ1) is 19.6. The SMILES string of the molecule is Cc1ccc(NS(=O)(=O)c2ccc(C)c(C(=O)Nc3ccccc3C)c2)cc1. The Morgan fingerprint density at radius 2 is 1.50 bits per heavy atom. The molecule has 3 aromatic carbocycles. The Morgan fingerprint density at radius 3 is 2.18 bits per heavy atom. The predicted molar refractivity (Wildman–Crippen MR) is 112 cm³/mol. The monoisotopic (exact) mass is 394 g/mol. The predicted octanol–water partition coefficient (Wildman–Crippen LogP) is 4.66. The number of hydrogen-bond acceptors (Lipinski definition) is 3. The first-order valence-corrected chi connectivity index (χ1v) is 10.3. The minimum atomic E-state index is -3.81. The van der Waals surface area contributed by atoms with Crippen LogP contribution in [0.3, 0.4) is 0 Å². The summed E-state index contributed by atoms with van der Waals surface area (Å²) in [4.78, 5) is 12.8. The zero-order chi connectivity index (χ0) is 20.3. The van der Waals surface area contributed by atoms with E-state index in [9.17, 15) is 13.2 Å². The number of rotatable bonds is 5. The molecular weight excluding hydrogens is 372 g/mol. The van der Waals surface area contributed by atoms with Crippen molar-refractivity contribution in [2.45, 2.75) is 25.7 Å². The van der Waals surface area contributed by atoms with Crippen molar-refractivity contribution in [2.75, 3.05) is 10.0 Å². The van der Waals surface area contributed by atoms with Crippen molar-refractivity contribution >= 4 is 27.3 Å². The molecule has 0 spiro atoms. The molecule has 2 N–H and O–H groups in total. The molecule has 3 rings (SSSR count). The van der Waals surface area contributed by atoms with E-state index in [-0.39, 0.29) is 10.8 Å². The van der Waals surface area contributed by atoms with Gasteiger partial charge in [0.1, 0.15) is 0 Å². The summed E-state index contributed by atoms with van der Waals surface area (Å²) in [6.45, 7) is 5.60. The van der Waals surface area contributed by atoms with Crippen LogP contribution in [0.15, 0.2) is 71.6 Å². The minimum absolute atomic E-state index is 0.0357. The zero-order valence-electron chi connectivity index (χ0n) is 16.0. The van der Waals surface area contributed by atoms with Crippen LogP contribution in [-0.2, 0) is 10.0 Å². The van der Waals surface area contributed by atoms with Gasteiger partial charge in [0, 0.05) is 16.9 Å². The van der Waals surface area contributed by atoms with Crippen LogP contribution in [0.5, 0.6) is 0 Å². The summed E-state index contributed by atoms with van der Waals surface area (Å²) in [5.41, 5.74) is 4.14. The van der Waals surface area contributed by atoms with Crippen LogP contribution in [0.4, 0.5) is 11.4 Å². The van der Waals surface area contributed by atoms with E-state index in [0.29, 0.717) is 22.5 Å². The van der Waals surface area contributed by atoms with Gasteiger partial charge < -0.3 is 5.32 Å². The molecule has 28 heavy (non-hydrogen) atoms. The van der Waals surface area contributed by atoms with Crippen LogP contribution in [0.2, 0.25) is 0 Å². The van der Waals surface area contributed by atoms with E-state index in [0.717, 1.165) is 11.1 Å². The number of benzene rings is 3. The molecular formula is C22H22N2O3S. The highest BCUT2D eigenvalue weighted by atomic mass is 32.2. The molecule has 0 aliphatic heterocycles. The summed E-state index contributed by atoms with van der Waals surface area (Å²) in [5, 5.41) is 2.85. The van der Waals surface area contributed by atoms with Gasteiger partial charge in [0.15, 0.2) is 0 Å². The highest BCUT2D eigenvalue weighted by Crippen LogP contribution is 2.21. The van der Waals surface area contributed by atoms with Gasteiger partial charge in [0.2, 0.25) is 0 Å². The molecule has 0 unspecified atom stereocenters. The molecule has 0 atom stereocenters. The summed E-state index contributed by atoms with van der Waals surface area (Å²) in [6.07, 6.45) is 0. The lowest BCUT2D eigenvalue weighted by Gasteiger charge is -2.13. The van der Waals surface area contributed by atoms with Gasteiger partial charge in [0.05, 0.1) is 4.90 Å². The Kier molecular flexibility index (Phi) is 5.51. The Balaban J connectivity index is 1.89. The molecule has 144 valence electrons. The lowest BCUT2D eigenvalue weighted by molar-refractivity contribution is 0.102. The highest BCUT2D eigenvalue weighted by molar-refractivity contribution is 7.92. The van der Waals surface area contributed by atoms with E-state index in [1.165, 1.54) is 12.1 Å². The van der Waals surface area contributed by atoms with Crippen molar-refractivity contribution in [2.24, 2.45) is 0 Å². The van der Waals surface area contributed by atoms with Crippen molar-refractivity contribution in [3.05, 3.63) is 89.0 Å². The zero-order valence-corrected chi connectivity index (χ0v) is 16.8. The lowest BCUT2D eigenvalue weighted by Crippen LogP contribution is -2.17. The first-order chi connectivity index (χ1) is 13.3. The third-order valence-electron chi connectivity index (χ3n) is 4.46. The summed E-state index contributed by atoms with van der Waals surface area (Å²) >= 11 is 0. The van der Waals surface area contributed by atoms with Gasteiger partial charge in [-0.05, 0) is 62.2 Å². The number of sulfonamides is 1. The van der Waals surface area contributed by atoms with Crippen LogP contribution in [0, 0.1) is 20.8 Å². The maximum Gasteiger partial charge on any atom is 0.261 e. The van der Waals surface area contributed by atoms with Gasteiger partial charge in [-0.25, -0.2) is 8.42 Å². The fourth-order valence-corrected chi connectivity index (χ4v) is 3.84. The normalized spacial score (nSPS) is 11.1. The molecule has 0 aliphatic carbocycles. The van der Waals surface area contributed by atoms with Gasteiger partial charge in [-0.1, -0.05) is 42.0 Å². The average Bonchev–Trinajstić information content (AvgIpc) is 2.65. The summed E-state index contributed by atoms with van der Waals surface area (Å²) < 4.78 is 28.0. The van der Waals surface area contributed by atoms with Gasteiger partial charge in [-0.15, -0.1) is 0 Å².